The topological polar surface area (TPSA) is 198 Å². The molecule has 0 radical (unpaired) electrons. The number of aliphatic carboxylic acids is 1. The summed E-state index contributed by atoms with van der Waals surface area (Å²) in [6, 6.07) is 2.21. The number of likely N-dealkylation sites (tertiary alicyclic amines) is 1. The minimum atomic E-state index is -1.28. The number of esters is 2. The third-order valence-corrected chi connectivity index (χ3v) is 8.85. The number of nitrogens with two attached hydrogens (primary N) is 1. The largest absolute Gasteiger partial charge is 0.504 e. The van der Waals surface area contributed by atoms with Crippen LogP contribution in [0.5, 0.6) is 11.5 Å². The van der Waals surface area contributed by atoms with Crippen molar-refractivity contribution in [1.82, 2.24) is 10.2 Å². The van der Waals surface area contributed by atoms with Crippen LogP contribution < -0.4 is 15.8 Å². The number of likely N-dealkylation sites (N-methyl/N-ethyl adjacent to an activating group) is 1. The fourth-order valence-corrected chi connectivity index (χ4v) is 6.77. The van der Waals surface area contributed by atoms with Crippen LogP contribution in [-0.4, -0.2) is 94.1 Å². The molecule has 0 saturated carbocycles. The van der Waals surface area contributed by atoms with E-state index in [-0.39, 0.29) is 57.2 Å². The predicted molar refractivity (Wildman–Crippen MR) is 147 cm³/mol. The lowest BCUT2D eigenvalue weighted by Crippen LogP contribution is -2.74. The van der Waals surface area contributed by atoms with Crippen molar-refractivity contribution < 1.29 is 48.7 Å². The molecule has 5 rings (SSSR count). The zero-order valence-corrected chi connectivity index (χ0v) is 22.9. The molecule has 2 aliphatic heterocycles. The molecule has 1 aromatic carbocycles. The van der Waals surface area contributed by atoms with Crippen molar-refractivity contribution in [3.8, 4) is 11.5 Å². The number of hydrogen-bond acceptors (Lipinski definition) is 11. The van der Waals surface area contributed by atoms with Gasteiger partial charge in [0.05, 0.1) is 23.5 Å². The third-order valence-electron chi connectivity index (χ3n) is 8.85. The van der Waals surface area contributed by atoms with E-state index in [4.69, 9.17) is 25.1 Å². The molecule has 0 aromatic heterocycles. The van der Waals surface area contributed by atoms with Crippen molar-refractivity contribution in [2.75, 3.05) is 20.1 Å². The van der Waals surface area contributed by atoms with E-state index in [9.17, 15) is 29.4 Å². The van der Waals surface area contributed by atoms with Crippen LogP contribution in [0.4, 0.5) is 0 Å². The minimum absolute atomic E-state index is 0. The Kier molecular flexibility index (Phi) is 8.59. The number of rotatable bonds is 10. The quantitative estimate of drug-likeness (QED) is 0.237. The van der Waals surface area contributed by atoms with Gasteiger partial charge in [-0.1, -0.05) is 13.5 Å². The lowest BCUT2D eigenvalue weighted by molar-refractivity contribution is -0.175. The number of aromatic hydroxyl groups is 1. The molecular formula is C29H39N3O10. The average molecular weight is 590 g/mol. The summed E-state index contributed by atoms with van der Waals surface area (Å²) in [6.45, 7) is 1.93. The van der Waals surface area contributed by atoms with Gasteiger partial charge in [-0.25, -0.2) is 4.79 Å². The van der Waals surface area contributed by atoms with Crippen LogP contribution in [0.3, 0.4) is 0 Å². The van der Waals surface area contributed by atoms with E-state index in [0.29, 0.717) is 25.1 Å². The van der Waals surface area contributed by atoms with Crippen molar-refractivity contribution in [2.24, 2.45) is 5.73 Å². The Morgan fingerprint density at radius 2 is 2.00 bits per heavy atom. The Bertz CT molecular complexity index is 1310. The number of carboxylic acids is 1. The first kappa shape index (κ1) is 31.3. The molecule has 1 spiro atoms. The van der Waals surface area contributed by atoms with E-state index in [1.54, 1.807) is 12.1 Å². The number of carbonyl (C=O) groups is 4. The highest BCUT2D eigenvalue weighted by atomic mass is 16.6. The Morgan fingerprint density at radius 1 is 1.26 bits per heavy atom. The van der Waals surface area contributed by atoms with Gasteiger partial charge < -0.3 is 45.5 Å². The molecule has 1 aromatic rings. The van der Waals surface area contributed by atoms with E-state index in [2.05, 4.69) is 10.2 Å². The summed E-state index contributed by atoms with van der Waals surface area (Å²) < 4.78 is 17.1. The fraction of sp³-hybridized carbons (Fsp3) is 0.586. The normalized spacial score (nSPS) is 28.1. The highest BCUT2D eigenvalue weighted by Gasteiger charge is 2.72. The average Bonchev–Trinajstić information content (AvgIpc) is 3.28. The first-order valence-corrected chi connectivity index (χ1v) is 13.7. The van der Waals surface area contributed by atoms with Gasteiger partial charge in [0.15, 0.2) is 23.7 Å². The number of carbonyl (C=O) groups excluding carboxylic acids is 3. The highest BCUT2D eigenvalue weighted by molar-refractivity contribution is 5.83. The Balaban J connectivity index is 0.00000405. The minimum Gasteiger partial charge on any atom is -0.504 e. The van der Waals surface area contributed by atoms with E-state index in [1.165, 1.54) is 6.92 Å². The number of carboxylic acid groups (broad SMARTS) is 1. The monoisotopic (exact) mass is 589 g/mol. The molecule has 1 amide bonds. The molecule has 13 heteroatoms. The molecule has 4 aliphatic rings. The number of benzene rings is 1. The SMILES string of the molecule is C.C[C@H](OC(=O)CCNC(=O)[C@@H](N)CCC(=O)O)C(=O)OC1=CC[C@@]2(O)[C@H]3Cc4ccc(O)c5c4[C@@]2(CCN3C)[C@H]1O5. The number of amides is 1. The number of phenols is 1. The van der Waals surface area contributed by atoms with Crippen LogP contribution in [0.2, 0.25) is 0 Å². The maximum Gasteiger partial charge on any atom is 0.352 e. The van der Waals surface area contributed by atoms with Gasteiger partial charge in [0.1, 0.15) is 5.76 Å². The summed E-state index contributed by atoms with van der Waals surface area (Å²) in [5.74, 6) is -2.83. The summed E-state index contributed by atoms with van der Waals surface area (Å²) in [7, 11) is 1.97. The maximum absolute atomic E-state index is 13.0. The van der Waals surface area contributed by atoms with Gasteiger partial charge in [-0.05, 0) is 57.5 Å². The number of nitrogens with one attached hydrogen (secondary N) is 1. The van der Waals surface area contributed by atoms with Crippen LogP contribution in [0.25, 0.3) is 0 Å². The summed E-state index contributed by atoms with van der Waals surface area (Å²) in [6.07, 6.45) is 0.286. The van der Waals surface area contributed by atoms with Crippen molar-refractivity contribution in [3.63, 3.8) is 0 Å². The number of nitrogens with zero attached hydrogens (tertiary/aromatic N) is 1. The summed E-state index contributed by atoms with van der Waals surface area (Å²) in [4.78, 5) is 50.0. The second kappa shape index (κ2) is 11.5. The van der Waals surface area contributed by atoms with Crippen LogP contribution in [-0.2, 0) is 40.5 Å². The zero-order chi connectivity index (χ0) is 29.7. The van der Waals surface area contributed by atoms with Gasteiger partial charge >= 0.3 is 17.9 Å². The smallest absolute Gasteiger partial charge is 0.352 e. The predicted octanol–water partition coefficient (Wildman–Crippen LogP) is 0.479. The summed E-state index contributed by atoms with van der Waals surface area (Å²) >= 11 is 0. The number of aliphatic hydroxyl groups is 1. The lowest BCUT2D eigenvalue weighted by Gasteiger charge is -2.61. The molecule has 6 atom stereocenters. The molecular weight excluding hydrogens is 550 g/mol. The van der Waals surface area contributed by atoms with Crippen molar-refractivity contribution in [1.29, 1.82) is 0 Å². The first-order chi connectivity index (χ1) is 19.4. The van der Waals surface area contributed by atoms with Gasteiger partial charge in [0.2, 0.25) is 5.91 Å². The second-order valence-electron chi connectivity index (χ2n) is 11.2. The van der Waals surface area contributed by atoms with Crippen LogP contribution in [0.15, 0.2) is 24.0 Å². The number of piperidine rings is 1. The lowest BCUT2D eigenvalue weighted by atomic mass is 9.50. The number of phenolic OH excluding ortho intramolecular Hbond substituents is 1. The number of hydrogen-bond donors (Lipinski definition) is 5. The molecule has 2 heterocycles. The van der Waals surface area contributed by atoms with Crippen molar-refractivity contribution in [2.45, 2.75) is 88.2 Å². The molecule has 2 aliphatic carbocycles. The van der Waals surface area contributed by atoms with Crippen molar-refractivity contribution in [3.05, 3.63) is 35.1 Å². The molecule has 13 nitrogen and oxygen atoms in total. The summed E-state index contributed by atoms with van der Waals surface area (Å²) in [5.41, 5.74) is 5.25. The molecule has 6 N–H and O–H groups in total. The van der Waals surface area contributed by atoms with E-state index in [0.717, 1.165) is 11.1 Å². The summed E-state index contributed by atoms with van der Waals surface area (Å²) in [5, 5.41) is 33.9. The van der Waals surface area contributed by atoms with E-state index in [1.807, 2.05) is 13.1 Å². The van der Waals surface area contributed by atoms with Gasteiger partial charge in [-0.2, -0.15) is 0 Å². The van der Waals surface area contributed by atoms with Gasteiger partial charge in [-0.15, -0.1) is 0 Å². The Hall–Kier alpha value is -3.68. The molecule has 1 saturated heterocycles. The Labute approximate surface area is 243 Å². The van der Waals surface area contributed by atoms with Crippen LogP contribution >= 0.6 is 0 Å². The van der Waals surface area contributed by atoms with Gasteiger partial charge in [0.25, 0.3) is 0 Å². The molecule has 0 unspecified atom stereocenters. The zero-order valence-electron chi connectivity index (χ0n) is 22.9. The second-order valence-corrected chi connectivity index (χ2v) is 11.2. The van der Waals surface area contributed by atoms with E-state index < -0.39 is 53.1 Å². The highest BCUT2D eigenvalue weighted by Crippen LogP contribution is 2.65. The van der Waals surface area contributed by atoms with Crippen molar-refractivity contribution >= 4 is 23.8 Å². The van der Waals surface area contributed by atoms with E-state index >= 15 is 0 Å². The first-order valence-electron chi connectivity index (χ1n) is 13.7. The molecule has 2 bridgehead atoms. The molecule has 230 valence electrons. The van der Waals surface area contributed by atoms with Gasteiger partial charge in [-0.3, -0.25) is 14.4 Å². The third kappa shape index (κ3) is 4.99. The molecule has 1 fully saturated rings. The Morgan fingerprint density at radius 3 is 2.71 bits per heavy atom. The number of ether oxygens (including phenoxy) is 3. The molecule has 42 heavy (non-hydrogen) atoms. The van der Waals surface area contributed by atoms with Crippen LogP contribution in [0, 0.1) is 0 Å². The maximum atomic E-state index is 13.0. The van der Waals surface area contributed by atoms with Crippen LogP contribution in [0.1, 0.15) is 57.6 Å². The fourth-order valence-electron chi connectivity index (χ4n) is 6.77. The standard InChI is InChI=1S/C28H35N3O10.CH4/c1-14(39-21(35)8-11-30-25(36)16(29)4-6-20(33)34)26(37)40-18-7-9-28(38)19-13-15-3-5-17(32)23-22(15)27(28,24(18)41-23)10-12-31(19)2;/h3,5,7,14,16,19,24,32,38H,4,6,8-13,29H2,1-2H3,(H,30,36)(H,33,34);1H4/t14-,16-,19+,24-,27-,28+;/m0./s1. The van der Waals surface area contributed by atoms with Gasteiger partial charge in [0, 0.05) is 31.0 Å².